The number of fused-ring (bicyclic) bond motifs is 1. The van der Waals surface area contributed by atoms with Gasteiger partial charge in [0.1, 0.15) is 11.8 Å². The van der Waals surface area contributed by atoms with E-state index in [0.717, 1.165) is 5.39 Å². The molecule has 0 saturated carbocycles. The smallest absolute Gasteiger partial charge is 0.272 e. The third-order valence-corrected chi connectivity index (χ3v) is 6.05. The fourth-order valence-corrected chi connectivity index (χ4v) is 4.28. The molecule has 4 aromatic rings. The summed E-state index contributed by atoms with van der Waals surface area (Å²) in [6.07, 6.45) is 2.79. The summed E-state index contributed by atoms with van der Waals surface area (Å²) in [5.74, 6) is -0.376. The second-order valence-corrected chi connectivity index (χ2v) is 8.25. The fraction of sp³-hybridized carbons (Fsp3) is 0.227. The first-order valence-electron chi connectivity index (χ1n) is 10.1. The molecule has 0 aliphatic carbocycles. The largest absolute Gasteiger partial charge is 0.368 e. The van der Waals surface area contributed by atoms with Crippen LogP contribution in [-0.2, 0) is 11.8 Å². The zero-order chi connectivity index (χ0) is 22.1. The van der Waals surface area contributed by atoms with E-state index in [1.165, 1.54) is 11.3 Å². The van der Waals surface area contributed by atoms with Gasteiger partial charge in [-0.05, 0) is 18.2 Å². The lowest BCUT2D eigenvalue weighted by Crippen LogP contribution is -2.43. The van der Waals surface area contributed by atoms with E-state index in [9.17, 15) is 9.59 Å². The number of pyridine rings is 1. The first-order valence-corrected chi connectivity index (χ1v) is 11.0. The lowest BCUT2D eigenvalue weighted by Gasteiger charge is -2.32. The van der Waals surface area contributed by atoms with E-state index in [0.29, 0.717) is 47.3 Å². The van der Waals surface area contributed by atoms with E-state index in [1.54, 1.807) is 46.5 Å². The number of amides is 2. The van der Waals surface area contributed by atoms with E-state index < -0.39 is 6.10 Å². The van der Waals surface area contributed by atoms with E-state index in [1.807, 2.05) is 24.3 Å². The topological polar surface area (TPSA) is 102 Å². The molecule has 1 aliphatic rings. The van der Waals surface area contributed by atoms with E-state index in [4.69, 9.17) is 9.72 Å². The van der Waals surface area contributed by atoms with Gasteiger partial charge in [0.05, 0.1) is 29.9 Å². The van der Waals surface area contributed by atoms with Gasteiger partial charge in [0.15, 0.2) is 5.13 Å². The Bertz CT molecular complexity index is 1290. The fourth-order valence-electron chi connectivity index (χ4n) is 3.76. The van der Waals surface area contributed by atoms with Crippen molar-refractivity contribution in [2.45, 2.75) is 6.10 Å². The molecule has 1 atom stereocenters. The summed E-state index contributed by atoms with van der Waals surface area (Å²) < 4.78 is 7.52. The highest BCUT2D eigenvalue weighted by molar-refractivity contribution is 7.13. The second-order valence-electron chi connectivity index (χ2n) is 7.35. The van der Waals surface area contributed by atoms with Crippen LogP contribution in [0.2, 0.25) is 0 Å². The zero-order valence-electron chi connectivity index (χ0n) is 17.3. The lowest BCUT2D eigenvalue weighted by atomic mass is 10.0. The molecule has 0 spiro atoms. The van der Waals surface area contributed by atoms with Crippen molar-refractivity contribution in [1.82, 2.24) is 24.6 Å². The molecular weight excluding hydrogens is 428 g/mol. The molecule has 1 aromatic carbocycles. The summed E-state index contributed by atoms with van der Waals surface area (Å²) in [5.41, 5.74) is 2.29. The third kappa shape index (κ3) is 3.85. The van der Waals surface area contributed by atoms with Crippen molar-refractivity contribution in [3.63, 3.8) is 0 Å². The van der Waals surface area contributed by atoms with Crippen molar-refractivity contribution >= 4 is 39.2 Å². The van der Waals surface area contributed by atoms with Gasteiger partial charge in [-0.2, -0.15) is 5.10 Å². The molecule has 1 saturated heterocycles. The molecule has 0 unspecified atom stereocenters. The molecule has 2 amide bonds. The summed E-state index contributed by atoms with van der Waals surface area (Å²) in [6.45, 7) is 1.19. The Hall–Kier alpha value is -3.63. The van der Waals surface area contributed by atoms with Crippen LogP contribution in [0.1, 0.15) is 32.6 Å². The molecule has 9 nitrogen and oxygen atoms in total. The number of rotatable bonds is 4. The minimum atomic E-state index is -0.447. The van der Waals surface area contributed by atoms with Gasteiger partial charge in [-0.3, -0.25) is 19.6 Å². The number of ether oxygens (including phenoxy) is 1. The van der Waals surface area contributed by atoms with Gasteiger partial charge in [-0.1, -0.05) is 18.2 Å². The number of aromatic nitrogens is 4. The predicted octanol–water partition coefficient (Wildman–Crippen LogP) is 2.89. The van der Waals surface area contributed by atoms with E-state index >= 15 is 0 Å². The van der Waals surface area contributed by atoms with Crippen molar-refractivity contribution in [2.24, 2.45) is 7.05 Å². The van der Waals surface area contributed by atoms with Gasteiger partial charge in [0.2, 0.25) is 0 Å². The number of morpholine rings is 1. The number of hydrogen-bond donors (Lipinski definition) is 1. The highest BCUT2D eigenvalue weighted by Gasteiger charge is 2.29. The monoisotopic (exact) mass is 448 g/mol. The average molecular weight is 449 g/mol. The number of para-hydroxylation sites is 1. The summed E-state index contributed by atoms with van der Waals surface area (Å²) in [5, 5.41) is 9.99. The van der Waals surface area contributed by atoms with Gasteiger partial charge in [0.25, 0.3) is 11.8 Å². The minimum absolute atomic E-state index is 0.110. The third-order valence-electron chi connectivity index (χ3n) is 5.36. The predicted molar refractivity (Wildman–Crippen MR) is 120 cm³/mol. The maximum atomic E-state index is 13.0. The molecule has 4 heterocycles. The van der Waals surface area contributed by atoms with Gasteiger partial charge in [-0.15, -0.1) is 11.3 Å². The number of carbonyl (C=O) groups is 2. The van der Waals surface area contributed by atoms with Crippen molar-refractivity contribution in [3.8, 4) is 0 Å². The molecule has 32 heavy (non-hydrogen) atoms. The number of thiazole rings is 1. The average Bonchev–Trinajstić information content (AvgIpc) is 3.49. The number of aryl methyl sites for hydroxylation is 1. The summed E-state index contributed by atoms with van der Waals surface area (Å²) in [7, 11) is 1.74. The summed E-state index contributed by atoms with van der Waals surface area (Å²) in [6, 6.07) is 10.9. The van der Waals surface area contributed by atoms with E-state index in [2.05, 4.69) is 15.4 Å². The number of nitrogens with zero attached hydrogens (tertiary/aromatic N) is 5. The van der Waals surface area contributed by atoms with Crippen LogP contribution >= 0.6 is 11.3 Å². The first-order chi connectivity index (χ1) is 15.6. The van der Waals surface area contributed by atoms with Crippen LogP contribution in [0.15, 0.2) is 54.2 Å². The van der Waals surface area contributed by atoms with E-state index in [-0.39, 0.29) is 11.8 Å². The first kappa shape index (κ1) is 20.3. The number of anilines is 1. The van der Waals surface area contributed by atoms with Crippen molar-refractivity contribution in [3.05, 3.63) is 71.1 Å². The molecular formula is C22H20N6O3S. The second kappa shape index (κ2) is 8.48. The normalized spacial score (nSPS) is 16.3. The molecule has 1 fully saturated rings. The zero-order valence-corrected chi connectivity index (χ0v) is 18.1. The van der Waals surface area contributed by atoms with Gasteiger partial charge < -0.3 is 9.64 Å². The van der Waals surface area contributed by atoms with Crippen molar-refractivity contribution < 1.29 is 14.3 Å². The molecule has 10 heteroatoms. The van der Waals surface area contributed by atoms with Gasteiger partial charge in [-0.25, -0.2) is 9.97 Å². The number of benzene rings is 1. The van der Waals surface area contributed by atoms with Crippen LogP contribution in [0.25, 0.3) is 10.9 Å². The van der Waals surface area contributed by atoms with Crippen LogP contribution in [0.3, 0.4) is 0 Å². The highest BCUT2D eigenvalue weighted by atomic mass is 32.1. The van der Waals surface area contributed by atoms with Crippen LogP contribution in [0, 0.1) is 0 Å². The minimum Gasteiger partial charge on any atom is -0.368 e. The Morgan fingerprint density at radius 1 is 1.22 bits per heavy atom. The molecule has 1 N–H and O–H groups in total. The number of nitrogens with one attached hydrogen (secondary N) is 1. The summed E-state index contributed by atoms with van der Waals surface area (Å²) in [4.78, 5) is 36.6. The van der Waals surface area contributed by atoms with Crippen molar-refractivity contribution in [2.75, 3.05) is 25.0 Å². The molecule has 3 aromatic heterocycles. The molecule has 0 radical (unpaired) electrons. The Labute approximate surface area is 187 Å². The van der Waals surface area contributed by atoms with Crippen LogP contribution in [-0.4, -0.2) is 56.2 Å². The van der Waals surface area contributed by atoms with Crippen molar-refractivity contribution in [1.29, 1.82) is 0 Å². The van der Waals surface area contributed by atoms with Gasteiger partial charge in [0, 0.05) is 36.8 Å². The number of hydrogen-bond acceptors (Lipinski definition) is 7. The maximum absolute atomic E-state index is 13.0. The Balaban J connectivity index is 1.46. The SMILES string of the molecule is Cn1nccc1C(=O)N1CCO[C@H](c2cc(C(=O)Nc3nccs3)c3ccccc3n2)C1. The van der Waals surface area contributed by atoms with Crippen LogP contribution in [0.4, 0.5) is 5.13 Å². The molecule has 162 valence electrons. The Kier molecular flexibility index (Phi) is 5.38. The van der Waals surface area contributed by atoms with Crippen LogP contribution < -0.4 is 5.32 Å². The molecule has 1 aliphatic heterocycles. The number of carbonyl (C=O) groups excluding carboxylic acids is 2. The summed E-state index contributed by atoms with van der Waals surface area (Å²) >= 11 is 1.35. The van der Waals surface area contributed by atoms with Gasteiger partial charge >= 0.3 is 0 Å². The Morgan fingerprint density at radius 3 is 2.88 bits per heavy atom. The van der Waals surface area contributed by atoms with Crippen LogP contribution in [0.5, 0.6) is 0 Å². The quantitative estimate of drug-likeness (QED) is 0.515. The molecule has 0 bridgehead atoms. The maximum Gasteiger partial charge on any atom is 0.272 e. The lowest BCUT2D eigenvalue weighted by molar-refractivity contribution is -0.0249. The molecule has 5 rings (SSSR count). The Morgan fingerprint density at radius 2 is 2.09 bits per heavy atom. The highest BCUT2D eigenvalue weighted by Crippen LogP contribution is 2.27. The standard InChI is InChI=1S/C22H20N6O3S/c1-27-18(6-7-24-27)21(30)28-9-10-31-19(13-28)17-12-15(14-4-2-3-5-16(14)25-17)20(29)26-22-23-8-11-32-22/h2-8,11-12,19H,9-10,13H2,1H3,(H,23,26,29)/t19-/m0/s1.